The van der Waals surface area contributed by atoms with Crippen LogP contribution in [0.2, 0.25) is 5.02 Å². The van der Waals surface area contributed by atoms with Gasteiger partial charge in [-0.1, -0.05) is 23.7 Å². The maximum atomic E-state index is 8.83. The Balaban J connectivity index is 2.46. The molecule has 2 rings (SSSR count). The topological polar surface area (TPSA) is 23.8 Å². The smallest absolute Gasteiger partial charge is 0.119 e. The minimum absolute atomic E-state index is 0.694. The van der Waals surface area contributed by atoms with Gasteiger partial charge >= 0.3 is 0 Å². The molecule has 0 fully saturated rings. The van der Waals surface area contributed by atoms with Crippen LogP contribution in [0.3, 0.4) is 0 Å². The van der Waals surface area contributed by atoms with Crippen molar-refractivity contribution in [1.82, 2.24) is 0 Å². The fourth-order valence-corrected chi connectivity index (χ4v) is 2.89. The number of hydrogen-bond donors (Lipinski definition) is 0. The molecule has 1 aromatic carbocycles. The van der Waals surface area contributed by atoms with Crippen LogP contribution in [0.5, 0.6) is 0 Å². The quantitative estimate of drug-likeness (QED) is 0.748. The third kappa shape index (κ3) is 2.23. The summed E-state index contributed by atoms with van der Waals surface area (Å²) in [5, 5.41) is 9.55. The molecule has 0 amide bonds. The Hall–Kier alpha value is -0.820. The second kappa shape index (κ2) is 4.36. The van der Waals surface area contributed by atoms with Gasteiger partial charge in [0.25, 0.3) is 0 Å². The molecule has 0 atom stereocenters. The van der Waals surface area contributed by atoms with Gasteiger partial charge in [0, 0.05) is 14.4 Å². The predicted octanol–water partition coefficient (Wildman–Crippen LogP) is 4.70. The van der Waals surface area contributed by atoms with Crippen LogP contribution in [0.15, 0.2) is 34.8 Å². The van der Waals surface area contributed by atoms with E-state index in [4.69, 9.17) is 16.9 Å². The lowest BCUT2D eigenvalue weighted by molar-refractivity contribution is 1.52. The van der Waals surface area contributed by atoms with Crippen molar-refractivity contribution in [1.29, 1.82) is 5.26 Å². The number of thiophene rings is 1. The van der Waals surface area contributed by atoms with E-state index in [0.717, 1.165) is 19.9 Å². The highest BCUT2D eigenvalue weighted by Crippen LogP contribution is 2.34. The van der Waals surface area contributed by atoms with Crippen LogP contribution < -0.4 is 0 Å². The number of rotatable bonds is 1. The average molecular weight is 299 g/mol. The van der Waals surface area contributed by atoms with Crippen molar-refractivity contribution in [3.63, 3.8) is 0 Å². The molecule has 0 aliphatic rings. The highest BCUT2D eigenvalue weighted by molar-refractivity contribution is 9.10. The van der Waals surface area contributed by atoms with Gasteiger partial charge in [0.15, 0.2) is 0 Å². The molecule has 0 N–H and O–H groups in total. The van der Waals surface area contributed by atoms with Crippen LogP contribution >= 0.6 is 38.9 Å². The molecule has 0 bridgehead atoms. The van der Waals surface area contributed by atoms with Gasteiger partial charge in [-0.05, 0) is 39.7 Å². The van der Waals surface area contributed by atoms with Crippen molar-refractivity contribution in [2.45, 2.75) is 0 Å². The minimum Gasteiger partial charge on any atom is -0.191 e. The molecule has 4 heteroatoms. The Bertz CT molecular complexity index is 525. The number of hydrogen-bond acceptors (Lipinski definition) is 2. The summed E-state index contributed by atoms with van der Waals surface area (Å²) in [5.41, 5.74) is 1.08. The van der Waals surface area contributed by atoms with Crippen molar-refractivity contribution in [2.75, 3.05) is 0 Å². The predicted molar refractivity (Wildman–Crippen MR) is 67.2 cm³/mol. The molecule has 1 heterocycles. The Kier molecular flexibility index (Phi) is 3.11. The van der Waals surface area contributed by atoms with E-state index in [-0.39, 0.29) is 0 Å². The molecular formula is C11H5BrClNS. The molecule has 0 spiro atoms. The fourth-order valence-electron chi connectivity index (χ4n) is 1.20. The zero-order chi connectivity index (χ0) is 10.8. The number of nitrogens with zero attached hydrogens (tertiary/aromatic N) is 1. The molecule has 0 aliphatic heterocycles. The molecule has 0 saturated carbocycles. The second-order valence-corrected chi connectivity index (χ2v) is 5.25. The minimum atomic E-state index is 0.694. The fraction of sp³-hybridized carbons (Fsp3) is 0. The van der Waals surface area contributed by atoms with E-state index in [0.29, 0.717) is 4.88 Å². The van der Waals surface area contributed by atoms with Crippen molar-refractivity contribution < 1.29 is 0 Å². The first kappa shape index (κ1) is 10.7. The van der Waals surface area contributed by atoms with Crippen LogP contribution in [-0.4, -0.2) is 0 Å². The first-order valence-electron chi connectivity index (χ1n) is 4.16. The Morgan fingerprint density at radius 3 is 2.47 bits per heavy atom. The summed E-state index contributed by atoms with van der Waals surface area (Å²) >= 11 is 10.6. The van der Waals surface area contributed by atoms with Crippen LogP contribution in [0.4, 0.5) is 0 Å². The first-order chi connectivity index (χ1) is 7.20. The van der Waals surface area contributed by atoms with Gasteiger partial charge in [-0.2, -0.15) is 5.26 Å². The number of halogens is 2. The SMILES string of the molecule is N#Cc1sc(-c2ccc(Cl)cc2)cc1Br. The number of benzene rings is 1. The van der Waals surface area contributed by atoms with E-state index < -0.39 is 0 Å². The summed E-state index contributed by atoms with van der Waals surface area (Å²) in [6, 6.07) is 11.7. The molecule has 1 aromatic heterocycles. The molecule has 0 unspecified atom stereocenters. The summed E-state index contributed by atoms with van der Waals surface area (Å²) in [6.45, 7) is 0. The first-order valence-corrected chi connectivity index (χ1v) is 6.15. The second-order valence-electron chi connectivity index (χ2n) is 2.91. The lowest BCUT2D eigenvalue weighted by atomic mass is 10.2. The van der Waals surface area contributed by atoms with Crippen molar-refractivity contribution in [3.8, 4) is 16.5 Å². The lowest BCUT2D eigenvalue weighted by Crippen LogP contribution is -1.69. The monoisotopic (exact) mass is 297 g/mol. The van der Waals surface area contributed by atoms with Crippen LogP contribution in [0.1, 0.15) is 4.88 Å². The average Bonchev–Trinajstić information content (AvgIpc) is 2.61. The molecule has 0 saturated heterocycles. The zero-order valence-corrected chi connectivity index (χ0v) is 10.7. The largest absolute Gasteiger partial charge is 0.191 e. The lowest BCUT2D eigenvalue weighted by Gasteiger charge is -1.95. The zero-order valence-electron chi connectivity index (χ0n) is 7.50. The molecule has 2 aromatic rings. The standard InChI is InChI=1S/C11H5BrClNS/c12-9-5-10(15-11(9)6-14)7-1-3-8(13)4-2-7/h1-5H. The summed E-state index contributed by atoms with van der Waals surface area (Å²) in [7, 11) is 0. The van der Waals surface area contributed by atoms with E-state index in [1.165, 1.54) is 11.3 Å². The summed E-state index contributed by atoms with van der Waals surface area (Å²) in [5.74, 6) is 0. The molecule has 74 valence electrons. The van der Waals surface area contributed by atoms with Crippen molar-refractivity contribution in [2.24, 2.45) is 0 Å². The Morgan fingerprint density at radius 1 is 1.27 bits per heavy atom. The van der Waals surface area contributed by atoms with Gasteiger partial charge in [-0.3, -0.25) is 0 Å². The van der Waals surface area contributed by atoms with Crippen LogP contribution in [0, 0.1) is 11.3 Å². The van der Waals surface area contributed by atoms with E-state index in [1.54, 1.807) is 0 Å². The van der Waals surface area contributed by atoms with E-state index in [2.05, 4.69) is 22.0 Å². The normalized spacial score (nSPS) is 9.93. The van der Waals surface area contributed by atoms with Crippen LogP contribution in [0.25, 0.3) is 10.4 Å². The van der Waals surface area contributed by atoms with Gasteiger partial charge < -0.3 is 0 Å². The highest BCUT2D eigenvalue weighted by atomic mass is 79.9. The summed E-state index contributed by atoms with van der Waals surface area (Å²) in [6.07, 6.45) is 0. The summed E-state index contributed by atoms with van der Waals surface area (Å²) < 4.78 is 0.847. The van der Waals surface area contributed by atoms with Gasteiger partial charge in [-0.15, -0.1) is 11.3 Å². The van der Waals surface area contributed by atoms with Gasteiger partial charge in [0.05, 0.1) is 0 Å². The van der Waals surface area contributed by atoms with Crippen molar-refractivity contribution in [3.05, 3.63) is 44.7 Å². The van der Waals surface area contributed by atoms with E-state index >= 15 is 0 Å². The van der Waals surface area contributed by atoms with Crippen LogP contribution in [-0.2, 0) is 0 Å². The molecule has 0 radical (unpaired) electrons. The van der Waals surface area contributed by atoms with Gasteiger partial charge in [0.1, 0.15) is 10.9 Å². The maximum absolute atomic E-state index is 8.83. The molecular weight excluding hydrogens is 294 g/mol. The van der Waals surface area contributed by atoms with Gasteiger partial charge in [0.2, 0.25) is 0 Å². The number of nitriles is 1. The molecule has 0 aliphatic carbocycles. The third-order valence-corrected chi connectivity index (χ3v) is 4.15. The van der Waals surface area contributed by atoms with E-state index in [9.17, 15) is 0 Å². The van der Waals surface area contributed by atoms with Crippen molar-refractivity contribution >= 4 is 38.9 Å². The van der Waals surface area contributed by atoms with Gasteiger partial charge in [-0.25, -0.2) is 0 Å². The summed E-state index contributed by atoms with van der Waals surface area (Å²) in [4.78, 5) is 1.76. The third-order valence-electron chi connectivity index (χ3n) is 1.92. The Labute approximate surface area is 105 Å². The Morgan fingerprint density at radius 2 is 1.93 bits per heavy atom. The molecule has 1 nitrogen and oxygen atoms in total. The highest BCUT2D eigenvalue weighted by Gasteiger charge is 2.07. The maximum Gasteiger partial charge on any atom is 0.119 e. The molecule has 15 heavy (non-hydrogen) atoms. The van der Waals surface area contributed by atoms with E-state index in [1.807, 2.05) is 30.3 Å².